The highest BCUT2D eigenvalue weighted by Crippen LogP contribution is 2.31. The van der Waals surface area contributed by atoms with E-state index in [0.29, 0.717) is 55.3 Å². The largest absolute Gasteiger partial charge is 0.362 e. The van der Waals surface area contributed by atoms with Gasteiger partial charge in [0.15, 0.2) is 6.54 Å². The van der Waals surface area contributed by atoms with Crippen molar-refractivity contribution in [2.24, 2.45) is 11.8 Å². The van der Waals surface area contributed by atoms with E-state index >= 15 is 0 Å². The Morgan fingerprint density at radius 1 is 1.22 bits per heavy atom. The quantitative estimate of drug-likeness (QED) is 0.619. The number of halogens is 1. The van der Waals surface area contributed by atoms with Crippen molar-refractivity contribution < 1.29 is 14.6 Å². The summed E-state index contributed by atoms with van der Waals surface area (Å²) >= 11 is 5.90. The van der Waals surface area contributed by atoms with Gasteiger partial charge in [0.2, 0.25) is 0 Å². The van der Waals surface area contributed by atoms with Gasteiger partial charge in [-0.3, -0.25) is 14.9 Å². The molecule has 2 aliphatic rings. The number of quaternary nitrogens is 1. The molecule has 27 heavy (non-hydrogen) atoms. The summed E-state index contributed by atoms with van der Waals surface area (Å²) in [4.78, 5) is 28.9. The number of benzene rings is 1. The molecule has 0 aliphatic carbocycles. The zero-order valence-electron chi connectivity index (χ0n) is 16.0. The SMILES string of the molecule is C[C@H]1C[C@H](C)C[NH+](CC(=O)N2CCN(c3ccc(Cl)cc3[N+](=O)[O-])CC2)C1. The molecular formula is C19H28ClN4O3+. The Labute approximate surface area is 165 Å². The monoisotopic (exact) mass is 395 g/mol. The fourth-order valence-corrected chi connectivity index (χ4v) is 4.67. The lowest BCUT2D eigenvalue weighted by atomic mass is 9.92. The van der Waals surface area contributed by atoms with E-state index in [1.807, 2.05) is 9.80 Å². The average Bonchev–Trinajstić information content (AvgIpc) is 2.61. The Balaban J connectivity index is 1.57. The number of hydrogen-bond acceptors (Lipinski definition) is 4. The van der Waals surface area contributed by atoms with Gasteiger partial charge in [0.05, 0.1) is 18.0 Å². The van der Waals surface area contributed by atoms with Gasteiger partial charge in [0.25, 0.3) is 11.6 Å². The van der Waals surface area contributed by atoms with Crippen LogP contribution in [-0.2, 0) is 4.79 Å². The van der Waals surface area contributed by atoms with E-state index in [0.717, 1.165) is 13.1 Å². The summed E-state index contributed by atoms with van der Waals surface area (Å²) in [7, 11) is 0. The lowest BCUT2D eigenvalue weighted by molar-refractivity contribution is -0.904. The number of nitro groups is 1. The lowest BCUT2D eigenvalue weighted by Crippen LogP contribution is -3.15. The molecule has 0 radical (unpaired) electrons. The standard InChI is InChI=1S/C19H27ClN4O3/c1-14-9-15(2)12-21(11-14)13-19(25)23-7-5-22(6-8-23)17-4-3-16(20)10-18(17)24(26)27/h3-4,10,14-15H,5-9,11-13H2,1-2H3/p+1/t14-,15-/m0/s1. The van der Waals surface area contributed by atoms with Gasteiger partial charge in [0, 0.05) is 49.1 Å². The van der Waals surface area contributed by atoms with E-state index in [4.69, 9.17) is 11.6 Å². The predicted molar refractivity (Wildman–Crippen MR) is 105 cm³/mol. The first-order valence-corrected chi connectivity index (χ1v) is 10.0. The number of piperazine rings is 1. The van der Waals surface area contributed by atoms with Crippen LogP contribution in [0.5, 0.6) is 0 Å². The van der Waals surface area contributed by atoms with Crippen LogP contribution in [0.15, 0.2) is 18.2 Å². The third-order valence-corrected chi connectivity index (χ3v) is 5.82. The van der Waals surface area contributed by atoms with Gasteiger partial charge < -0.3 is 14.7 Å². The number of likely N-dealkylation sites (tertiary alicyclic amines) is 1. The van der Waals surface area contributed by atoms with Gasteiger partial charge in [-0.05, 0) is 18.6 Å². The number of hydrogen-bond donors (Lipinski definition) is 1. The van der Waals surface area contributed by atoms with Crippen molar-refractivity contribution in [2.75, 3.05) is 50.7 Å². The molecule has 1 aromatic carbocycles. The summed E-state index contributed by atoms with van der Waals surface area (Å²) in [6.07, 6.45) is 1.25. The Kier molecular flexibility index (Phi) is 6.22. The molecule has 2 aliphatic heterocycles. The first-order chi connectivity index (χ1) is 12.8. The normalized spacial score (nSPS) is 26.1. The Bertz CT molecular complexity index is 696. The van der Waals surface area contributed by atoms with E-state index in [-0.39, 0.29) is 11.6 Å². The maximum atomic E-state index is 12.7. The highest BCUT2D eigenvalue weighted by atomic mass is 35.5. The van der Waals surface area contributed by atoms with Gasteiger partial charge in [-0.15, -0.1) is 0 Å². The Morgan fingerprint density at radius 2 is 1.85 bits per heavy atom. The zero-order valence-corrected chi connectivity index (χ0v) is 16.7. The number of carbonyl (C=O) groups excluding carboxylic acids is 1. The van der Waals surface area contributed by atoms with Crippen LogP contribution in [0, 0.1) is 22.0 Å². The third kappa shape index (κ3) is 4.90. The molecule has 7 nitrogen and oxygen atoms in total. The molecule has 0 saturated carbocycles. The highest BCUT2D eigenvalue weighted by Gasteiger charge is 2.30. The van der Waals surface area contributed by atoms with E-state index in [9.17, 15) is 14.9 Å². The fourth-order valence-electron chi connectivity index (χ4n) is 4.50. The lowest BCUT2D eigenvalue weighted by Gasteiger charge is -2.37. The molecular weight excluding hydrogens is 368 g/mol. The summed E-state index contributed by atoms with van der Waals surface area (Å²) in [5, 5.41) is 11.7. The summed E-state index contributed by atoms with van der Waals surface area (Å²) in [6.45, 7) is 9.58. The number of nitrogens with zero attached hydrogens (tertiary/aromatic N) is 3. The molecule has 148 valence electrons. The minimum absolute atomic E-state index is 0.0167. The van der Waals surface area contributed by atoms with E-state index in [1.54, 1.807) is 12.1 Å². The van der Waals surface area contributed by atoms with Crippen molar-refractivity contribution in [2.45, 2.75) is 20.3 Å². The molecule has 2 heterocycles. The zero-order chi connectivity index (χ0) is 19.6. The number of amides is 1. The van der Waals surface area contributed by atoms with Gasteiger partial charge >= 0.3 is 0 Å². The first-order valence-electron chi connectivity index (χ1n) is 9.63. The molecule has 3 rings (SSSR count). The molecule has 0 bridgehead atoms. The van der Waals surface area contributed by atoms with Crippen LogP contribution in [0.2, 0.25) is 5.02 Å². The van der Waals surface area contributed by atoms with E-state index in [2.05, 4.69) is 13.8 Å². The van der Waals surface area contributed by atoms with Crippen LogP contribution in [0.1, 0.15) is 20.3 Å². The molecule has 2 atom stereocenters. The number of nitro benzene ring substituents is 1. The number of piperidine rings is 1. The van der Waals surface area contributed by atoms with Crippen LogP contribution in [0.3, 0.4) is 0 Å². The molecule has 8 heteroatoms. The predicted octanol–water partition coefficient (Wildman–Crippen LogP) is 1.46. The van der Waals surface area contributed by atoms with Gasteiger partial charge in [0.1, 0.15) is 5.69 Å². The summed E-state index contributed by atoms with van der Waals surface area (Å²) in [6, 6.07) is 4.75. The van der Waals surface area contributed by atoms with Crippen molar-refractivity contribution in [1.29, 1.82) is 0 Å². The van der Waals surface area contributed by atoms with Crippen molar-refractivity contribution in [3.8, 4) is 0 Å². The fraction of sp³-hybridized carbons (Fsp3) is 0.632. The van der Waals surface area contributed by atoms with Crippen LogP contribution in [0.25, 0.3) is 0 Å². The second kappa shape index (κ2) is 8.44. The molecule has 2 saturated heterocycles. The molecule has 1 amide bonds. The average molecular weight is 396 g/mol. The minimum atomic E-state index is -0.402. The molecule has 0 spiro atoms. The summed E-state index contributed by atoms with van der Waals surface area (Å²) in [5.74, 6) is 1.52. The van der Waals surface area contributed by atoms with Crippen molar-refractivity contribution in [3.05, 3.63) is 33.3 Å². The second-order valence-corrected chi connectivity index (χ2v) is 8.48. The third-order valence-electron chi connectivity index (χ3n) is 5.59. The summed E-state index contributed by atoms with van der Waals surface area (Å²) in [5.41, 5.74) is 0.587. The molecule has 1 aromatic rings. The van der Waals surface area contributed by atoms with E-state index < -0.39 is 4.92 Å². The number of carbonyl (C=O) groups is 1. The van der Waals surface area contributed by atoms with Gasteiger partial charge in [-0.25, -0.2) is 0 Å². The topological polar surface area (TPSA) is 71.1 Å². The first kappa shape index (κ1) is 19.9. The Hall–Kier alpha value is -1.86. The van der Waals surface area contributed by atoms with Gasteiger partial charge in [-0.2, -0.15) is 0 Å². The Morgan fingerprint density at radius 3 is 2.44 bits per heavy atom. The highest BCUT2D eigenvalue weighted by molar-refractivity contribution is 6.30. The number of anilines is 1. The van der Waals surface area contributed by atoms with Crippen molar-refractivity contribution >= 4 is 28.9 Å². The summed E-state index contributed by atoms with van der Waals surface area (Å²) < 4.78 is 0. The molecule has 2 fully saturated rings. The maximum Gasteiger partial charge on any atom is 0.294 e. The number of nitrogens with one attached hydrogen (secondary N) is 1. The molecule has 0 unspecified atom stereocenters. The van der Waals surface area contributed by atoms with Crippen LogP contribution in [-0.4, -0.2) is 61.5 Å². The van der Waals surface area contributed by atoms with Crippen molar-refractivity contribution in [3.63, 3.8) is 0 Å². The minimum Gasteiger partial charge on any atom is -0.362 e. The maximum absolute atomic E-state index is 12.7. The number of rotatable bonds is 4. The van der Waals surface area contributed by atoms with Gasteiger partial charge in [-0.1, -0.05) is 25.4 Å². The molecule has 0 aromatic heterocycles. The molecule has 1 N–H and O–H groups in total. The van der Waals surface area contributed by atoms with Crippen LogP contribution in [0.4, 0.5) is 11.4 Å². The van der Waals surface area contributed by atoms with E-state index in [1.165, 1.54) is 17.4 Å². The van der Waals surface area contributed by atoms with Crippen LogP contribution < -0.4 is 9.80 Å². The smallest absolute Gasteiger partial charge is 0.294 e. The second-order valence-electron chi connectivity index (χ2n) is 8.04. The van der Waals surface area contributed by atoms with Crippen molar-refractivity contribution in [1.82, 2.24) is 4.90 Å². The van der Waals surface area contributed by atoms with Crippen LogP contribution >= 0.6 is 11.6 Å².